The van der Waals surface area contributed by atoms with Crippen LogP contribution >= 0.6 is 0 Å². The molecule has 0 bridgehead atoms. The minimum atomic E-state index is -0.106. The summed E-state index contributed by atoms with van der Waals surface area (Å²) in [6.45, 7) is 7.56. The van der Waals surface area contributed by atoms with E-state index in [0.29, 0.717) is 12.3 Å². The fourth-order valence-corrected chi connectivity index (χ4v) is 1.98. The van der Waals surface area contributed by atoms with Crippen LogP contribution in [0.3, 0.4) is 0 Å². The van der Waals surface area contributed by atoms with E-state index in [9.17, 15) is 4.79 Å². The molecule has 0 atom stereocenters. The second kappa shape index (κ2) is 5.97. The second-order valence-electron chi connectivity index (χ2n) is 4.65. The van der Waals surface area contributed by atoms with Crippen molar-refractivity contribution in [1.29, 1.82) is 0 Å². The smallest absolute Gasteiger partial charge is 0.292 e. The molecule has 1 aromatic heterocycles. The van der Waals surface area contributed by atoms with Crippen LogP contribution in [0, 0.1) is 6.92 Å². The fraction of sp³-hybridized carbons (Fsp3) is 0.667. The highest BCUT2D eigenvalue weighted by atomic mass is 16.5. The summed E-state index contributed by atoms with van der Waals surface area (Å²) in [5, 5.41) is 7.04. The molecule has 1 saturated heterocycles. The molecule has 1 amide bonds. The lowest BCUT2D eigenvalue weighted by Gasteiger charge is -2.28. The van der Waals surface area contributed by atoms with E-state index in [1.165, 1.54) is 0 Å². The Kier molecular flexibility index (Phi) is 4.33. The van der Waals surface area contributed by atoms with Gasteiger partial charge in [-0.1, -0.05) is 5.16 Å². The van der Waals surface area contributed by atoms with Crippen LogP contribution in [-0.4, -0.2) is 67.2 Å². The molecule has 0 radical (unpaired) electrons. The van der Waals surface area contributed by atoms with E-state index in [2.05, 4.69) is 15.4 Å². The highest BCUT2D eigenvalue weighted by molar-refractivity contribution is 5.91. The molecular weight excluding hydrogens is 232 g/mol. The molecule has 0 unspecified atom stereocenters. The van der Waals surface area contributed by atoms with E-state index < -0.39 is 0 Å². The lowest BCUT2D eigenvalue weighted by Crippen LogP contribution is -2.46. The number of hydrogen-bond acceptors (Lipinski definition) is 5. The van der Waals surface area contributed by atoms with Crippen LogP contribution in [0.4, 0.5) is 0 Å². The van der Waals surface area contributed by atoms with Gasteiger partial charge in [-0.2, -0.15) is 0 Å². The van der Waals surface area contributed by atoms with Gasteiger partial charge in [0.05, 0.1) is 5.69 Å². The van der Waals surface area contributed by atoms with Crippen LogP contribution in [0.15, 0.2) is 10.6 Å². The average molecular weight is 252 g/mol. The molecule has 100 valence electrons. The summed E-state index contributed by atoms with van der Waals surface area (Å²) in [5.41, 5.74) is 0.730. The lowest BCUT2D eigenvalue weighted by molar-refractivity contribution is 0.0734. The fourth-order valence-electron chi connectivity index (χ4n) is 1.98. The predicted octanol–water partition coefficient (Wildman–Crippen LogP) is -0.0398. The van der Waals surface area contributed by atoms with Crippen molar-refractivity contribution in [3.05, 3.63) is 17.5 Å². The standard InChI is InChI=1S/C12H20N4O2/c1-10-9-11(18-14-10)12(17)15(2)7-8-16-5-3-13-4-6-16/h9,13H,3-8H2,1-2H3. The third-order valence-corrected chi connectivity index (χ3v) is 3.15. The van der Waals surface area contributed by atoms with E-state index in [4.69, 9.17) is 4.52 Å². The highest BCUT2D eigenvalue weighted by Gasteiger charge is 2.17. The van der Waals surface area contributed by atoms with Gasteiger partial charge in [-0.3, -0.25) is 9.69 Å². The largest absolute Gasteiger partial charge is 0.351 e. The monoisotopic (exact) mass is 252 g/mol. The van der Waals surface area contributed by atoms with Crippen LogP contribution in [0.2, 0.25) is 0 Å². The number of carbonyl (C=O) groups excluding carboxylic acids is 1. The molecule has 0 saturated carbocycles. The highest BCUT2D eigenvalue weighted by Crippen LogP contribution is 2.05. The minimum absolute atomic E-state index is 0.106. The number of amides is 1. The second-order valence-corrected chi connectivity index (χ2v) is 4.65. The van der Waals surface area contributed by atoms with Crippen molar-refractivity contribution in [2.75, 3.05) is 46.3 Å². The Morgan fingerprint density at radius 1 is 1.56 bits per heavy atom. The van der Waals surface area contributed by atoms with E-state index in [0.717, 1.165) is 38.4 Å². The number of hydrogen-bond donors (Lipinski definition) is 1. The number of aryl methyl sites for hydroxylation is 1. The number of nitrogens with one attached hydrogen (secondary N) is 1. The first-order valence-corrected chi connectivity index (χ1v) is 6.28. The van der Waals surface area contributed by atoms with Crippen molar-refractivity contribution in [1.82, 2.24) is 20.3 Å². The van der Waals surface area contributed by atoms with Crippen molar-refractivity contribution >= 4 is 5.91 Å². The van der Waals surface area contributed by atoms with Gasteiger partial charge in [-0.05, 0) is 6.92 Å². The van der Waals surface area contributed by atoms with Gasteiger partial charge in [-0.15, -0.1) is 0 Å². The summed E-state index contributed by atoms with van der Waals surface area (Å²) in [7, 11) is 1.79. The van der Waals surface area contributed by atoms with Gasteiger partial charge >= 0.3 is 0 Å². The summed E-state index contributed by atoms with van der Waals surface area (Å²) in [4.78, 5) is 16.0. The van der Waals surface area contributed by atoms with Crippen LogP contribution in [-0.2, 0) is 0 Å². The van der Waals surface area contributed by atoms with Gasteiger partial charge in [0.15, 0.2) is 0 Å². The normalized spacial score (nSPS) is 16.8. The SMILES string of the molecule is Cc1cc(C(=O)N(C)CCN2CCNCC2)on1. The summed E-state index contributed by atoms with van der Waals surface area (Å²) in [6, 6.07) is 1.67. The number of piperazine rings is 1. The molecule has 2 rings (SSSR count). The predicted molar refractivity (Wildman–Crippen MR) is 67.5 cm³/mol. The van der Waals surface area contributed by atoms with E-state index in [1.807, 2.05) is 0 Å². The van der Waals surface area contributed by atoms with Crippen molar-refractivity contribution in [2.24, 2.45) is 0 Å². The Labute approximate surface area is 107 Å². The first kappa shape index (κ1) is 13.0. The van der Waals surface area contributed by atoms with Crippen molar-refractivity contribution in [2.45, 2.75) is 6.92 Å². The Morgan fingerprint density at radius 2 is 2.28 bits per heavy atom. The number of aromatic nitrogens is 1. The zero-order valence-electron chi connectivity index (χ0n) is 11.0. The summed E-state index contributed by atoms with van der Waals surface area (Å²) >= 11 is 0. The topological polar surface area (TPSA) is 61.6 Å². The van der Waals surface area contributed by atoms with Gasteiger partial charge < -0.3 is 14.7 Å². The van der Waals surface area contributed by atoms with Crippen LogP contribution in [0.25, 0.3) is 0 Å². The summed E-state index contributed by atoms with van der Waals surface area (Å²) < 4.78 is 4.97. The van der Waals surface area contributed by atoms with Crippen LogP contribution in [0.1, 0.15) is 16.2 Å². The Morgan fingerprint density at radius 3 is 2.89 bits per heavy atom. The molecule has 1 aromatic rings. The van der Waals surface area contributed by atoms with Gasteiger partial charge in [0.25, 0.3) is 5.91 Å². The zero-order chi connectivity index (χ0) is 13.0. The van der Waals surface area contributed by atoms with Gasteiger partial charge in [0, 0.05) is 52.4 Å². The molecule has 0 aromatic carbocycles. The Balaban J connectivity index is 1.80. The number of likely N-dealkylation sites (N-methyl/N-ethyl adjacent to an activating group) is 1. The third-order valence-electron chi connectivity index (χ3n) is 3.15. The molecule has 1 aliphatic rings. The maximum atomic E-state index is 12.0. The van der Waals surface area contributed by atoms with Crippen molar-refractivity contribution in [3.8, 4) is 0 Å². The average Bonchev–Trinajstić information content (AvgIpc) is 2.83. The van der Waals surface area contributed by atoms with Crippen molar-refractivity contribution in [3.63, 3.8) is 0 Å². The number of rotatable bonds is 4. The molecular formula is C12H20N4O2. The molecule has 6 nitrogen and oxygen atoms in total. The molecule has 2 heterocycles. The quantitative estimate of drug-likeness (QED) is 0.815. The van der Waals surface area contributed by atoms with Gasteiger partial charge in [-0.25, -0.2) is 0 Å². The Bertz CT molecular complexity index is 399. The molecule has 1 N–H and O–H groups in total. The molecule has 18 heavy (non-hydrogen) atoms. The van der Waals surface area contributed by atoms with Gasteiger partial charge in [0.2, 0.25) is 5.76 Å². The van der Waals surface area contributed by atoms with Crippen LogP contribution in [0.5, 0.6) is 0 Å². The van der Waals surface area contributed by atoms with E-state index in [1.54, 1.807) is 24.9 Å². The summed E-state index contributed by atoms with van der Waals surface area (Å²) in [5.74, 6) is 0.209. The molecule has 1 fully saturated rings. The lowest BCUT2D eigenvalue weighted by atomic mass is 10.3. The van der Waals surface area contributed by atoms with E-state index in [-0.39, 0.29) is 5.91 Å². The first-order valence-electron chi connectivity index (χ1n) is 6.28. The Hall–Kier alpha value is -1.40. The minimum Gasteiger partial charge on any atom is -0.351 e. The van der Waals surface area contributed by atoms with Crippen molar-refractivity contribution < 1.29 is 9.32 Å². The van der Waals surface area contributed by atoms with Crippen LogP contribution < -0.4 is 5.32 Å². The number of nitrogens with zero attached hydrogens (tertiary/aromatic N) is 3. The third kappa shape index (κ3) is 3.30. The number of carbonyl (C=O) groups is 1. The summed E-state index contributed by atoms with van der Waals surface area (Å²) in [6.07, 6.45) is 0. The van der Waals surface area contributed by atoms with Gasteiger partial charge in [0.1, 0.15) is 0 Å². The molecule has 0 aliphatic carbocycles. The van der Waals surface area contributed by atoms with E-state index >= 15 is 0 Å². The maximum absolute atomic E-state index is 12.0. The maximum Gasteiger partial charge on any atom is 0.292 e. The molecule has 6 heteroatoms. The zero-order valence-corrected chi connectivity index (χ0v) is 11.0. The molecule has 1 aliphatic heterocycles. The molecule has 0 spiro atoms. The first-order chi connectivity index (χ1) is 8.66.